The van der Waals surface area contributed by atoms with Crippen molar-refractivity contribution in [3.8, 4) is 11.5 Å². The number of ether oxygens (including phenoxy) is 3. The standard InChI is InChI=1S/C37H55N5O11S2/c1-27-24-29(49-22-13-23-50-42(35(44)52-37(5,6)7)33(38)39-34(43)51-36(2,3)4)26-30(25-27)53-55(47,48)32-15-10-9-14-31(32)54(45,46)41-20-16-28(17-21-41)40-18-11-8-12-19-40/h9-10,14-15,24-26,28H,8,11-13,16-23H2,1-7H3,(H2,38,39,43). The SMILES string of the molecule is Cc1cc(OCCCON(C(=N)NC(=O)OC(C)(C)C)C(=O)OC(C)(C)C)cc(OS(=O)(=O)c2ccccc2S(=O)(=O)N2CCC(N3CCCCC3)CC2)c1. The first-order valence-corrected chi connectivity index (χ1v) is 21.3. The Morgan fingerprint density at radius 2 is 1.44 bits per heavy atom. The molecule has 0 spiro atoms. The number of nitrogens with one attached hydrogen (secondary N) is 2. The predicted molar refractivity (Wildman–Crippen MR) is 204 cm³/mol. The van der Waals surface area contributed by atoms with Gasteiger partial charge in [-0.3, -0.25) is 15.6 Å². The number of alkyl carbamates (subject to hydrolysis) is 1. The van der Waals surface area contributed by atoms with Crippen molar-refractivity contribution in [1.82, 2.24) is 19.6 Å². The fraction of sp³-hybridized carbons (Fsp3) is 0.595. The zero-order chi connectivity index (χ0) is 40.6. The number of carbonyl (C=O) groups is 2. The highest BCUT2D eigenvalue weighted by atomic mass is 32.2. The Kier molecular flexibility index (Phi) is 14.6. The maximum atomic E-state index is 13.8. The number of rotatable bonds is 12. The summed E-state index contributed by atoms with van der Waals surface area (Å²) in [5, 5.41) is 10.9. The number of hydroxylamine groups is 2. The molecule has 306 valence electrons. The summed E-state index contributed by atoms with van der Waals surface area (Å²) in [5.74, 6) is -0.553. The molecule has 0 unspecified atom stereocenters. The Hall–Kier alpha value is -3.97. The number of sulfonamides is 1. The second-order valence-electron chi connectivity index (χ2n) is 15.5. The van der Waals surface area contributed by atoms with E-state index in [9.17, 15) is 26.4 Å². The molecule has 2 saturated heterocycles. The van der Waals surface area contributed by atoms with Crippen molar-refractivity contribution >= 4 is 38.3 Å². The van der Waals surface area contributed by atoms with Crippen LogP contribution >= 0.6 is 0 Å². The van der Waals surface area contributed by atoms with Gasteiger partial charge >= 0.3 is 22.3 Å². The molecule has 0 radical (unpaired) electrons. The minimum atomic E-state index is -4.61. The number of benzene rings is 2. The third kappa shape index (κ3) is 13.1. The Balaban J connectivity index is 1.38. The summed E-state index contributed by atoms with van der Waals surface area (Å²) >= 11 is 0. The number of nitrogens with zero attached hydrogens (tertiary/aromatic N) is 3. The van der Waals surface area contributed by atoms with Crippen LogP contribution in [0, 0.1) is 12.3 Å². The molecule has 2 fully saturated rings. The van der Waals surface area contributed by atoms with Gasteiger partial charge in [0.25, 0.3) is 0 Å². The van der Waals surface area contributed by atoms with Crippen LogP contribution in [0.1, 0.15) is 85.6 Å². The molecule has 2 heterocycles. The Morgan fingerprint density at radius 3 is 2.05 bits per heavy atom. The van der Waals surface area contributed by atoms with E-state index in [1.165, 1.54) is 47.1 Å². The van der Waals surface area contributed by atoms with Crippen molar-refractivity contribution in [3.05, 3.63) is 48.0 Å². The van der Waals surface area contributed by atoms with Gasteiger partial charge in [0.05, 0.1) is 13.2 Å². The monoisotopic (exact) mass is 809 g/mol. The van der Waals surface area contributed by atoms with Crippen LogP contribution in [0.2, 0.25) is 0 Å². The molecule has 2 aliphatic rings. The molecular formula is C37H55N5O11S2. The highest BCUT2D eigenvalue weighted by molar-refractivity contribution is 7.91. The molecule has 2 amide bonds. The highest BCUT2D eigenvalue weighted by Crippen LogP contribution is 2.31. The van der Waals surface area contributed by atoms with Gasteiger partial charge in [0.15, 0.2) is 0 Å². The fourth-order valence-corrected chi connectivity index (χ4v) is 9.29. The van der Waals surface area contributed by atoms with Gasteiger partial charge < -0.3 is 23.3 Å². The number of aryl methyl sites for hydroxylation is 1. The van der Waals surface area contributed by atoms with E-state index in [1.54, 1.807) is 54.5 Å². The van der Waals surface area contributed by atoms with E-state index in [4.69, 9.17) is 28.6 Å². The van der Waals surface area contributed by atoms with Gasteiger partial charge in [-0.25, -0.2) is 18.0 Å². The van der Waals surface area contributed by atoms with Crippen molar-refractivity contribution in [3.63, 3.8) is 0 Å². The molecule has 2 N–H and O–H groups in total. The van der Waals surface area contributed by atoms with E-state index < -0.39 is 54.4 Å². The van der Waals surface area contributed by atoms with Gasteiger partial charge in [-0.1, -0.05) is 18.6 Å². The second kappa shape index (κ2) is 18.3. The maximum Gasteiger partial charge on any atom is 0.442 e. The van der Waals surface area contributed by atoms with Crippen LogP contribution in [-0.4, -0.2) is 106 Å². The summed E-state index contributed by atoms with van der Waals surface area (Å²) in [6.45, 7) is 14.1. The first-order valence-electron chi connectivity index (χ1n) is 18.4. The summed E-state index contributed by atoms with van der Waals surface area (Å²) < 4.78 is 78.1. The topological polar surface area (TPSA) is 194 Å². The molecule has 0 saturated carbocycles. The van der Waals surface area contributed by atoms with Gasteiger partial charge in [0.2, 0.25) is 16.0 Å². The number of hydrogen-bond donors (Lipinski definition) is 2. The van der Waals surface area contributed by atoms with Crippen LogP contribution in [0.25, 0.3) is 0 Å². The summed E-state index contributed by atoms with van der Waals surface area (Å²) in [6, 6.07) is 10.3. The molecule has 55 heavy (non-hydrogen) atoms. The molecule has 0 bridgehead atoms. The van der Waals surface area contributed by atoms with Crippen molar-refractivity contribution in [2.24, 2.45) is 0 Å². The van der Waals surface area contributed by atoms with Crippen LogP contribution in [0.4, 0.5) is 9.59 Å². The predicted octanol–water partition coefficient (Wildman–Crippen LogP) is 5.80. The Labute approximate surface area is 325 Å². The molecule has 0 atom stereocenters. The van der Waals surface area contributed by atoms with E-state index >= 15 is 0 Å². The van der Waals surface area contributed by atoms with E-state index in [-0.39, 0.29) is 36.0 Å². The minimum Gasteiger partial charge on any atom is -0.493 e. The number of hydrogen-bond acceptors (Lipinski definition) is 13. The average molecular weight is 810 g/mol. The number of piperidine rings is 2. The Morgan fingerprint density at radius 1 is 0.836 bits per heavy atom. The molecular weight excluding hydrogens is 755 g/mol. The molecule has 4 rings (SSSR count). The number of carbonyl (C=O) groups excluding carboxylic acids is 2. The molecule has 2 aromatic rings. The van der Waals surface area contributed by atoms with E-state index in [0.717, 1.165) is 25.9 Å². The third-order valence-corrected chi connectivity index (χ3v) is 11.8. The smallest absolute Gasteiger partial charge is 0.442 e. The van der Waals surface area contributed by atoms with Crippen molar-refractivity contribution in [2.45, 2.75) is 114 Å². The lowest BCUT2D eigenvalue weighted by Gasteiger charge is -2.39. The van der Waals surface area contributed by atoms with Crippen molar-refractivity contribution in [1.29, 1.82) is 5.41 Å². The molecule has 0 aliphatic carbocycles. The quantitative estimate of drug-likeness (QED) is 0.0862. The van der Waals surface area contributed by atoms with E-state index in [0.29, 0.717) is 42.6 Å². The second-order valence-corrected chi connectivity index (χ2v) is 18.9. The highest BCUT2D eigenvalue weighted by Gasteiger charge is 2.36. The van der Waals surface area contributed by atoms with Crippen LogP contribution in [-0.2, 0) is 34.5 Å². The molecule has 2 aliphatic heterocycles. The lowest BCUT2D eigenvalue weighted by molar-refractivity contribution is -0.104. The average Bonchev–Trinajstić information content (AvgIpc) is 3.08. The summed E-state index contributed by atoms with van der Waals surface area (Å²) in [7, 11) is -8.76. The normalized spacial score (nSPS) is 16.6. The van der Waals surface area contributed by atoms with Crippen LogP contribution < -0.4 is 14.2 Å². The van der Waals surface area contributed by atoms with E-state index in [2.05, 4.69) is 10.2 Å². The largest absolute Gasteiger partial charge is 0.493 e. The van der Waals surface area contributed by atoms with Crippen LogP contribution in [0.3, 0.4) is 0 Å². The zero-order valence-corrected chi connectivity index (χ0v) is 34.4. The van der Waals surface area contributed by atoms with Crippen molar-refractivity contribution in [2.75, 3.05) is 39.4 Å². The summed E-state index contributed by atoms with van der Waals surface area (Å²) in [4.78, 5) is 32.1. The van der Waals surface area contributed by atoms with E-state index in [1.807, 2.05) is 0 Å². The van der Waals surface area contributed by atoms with Gasteiger partial charge in [-0.05, 0) is 117 Å². The van der Waals surface area contributed by atoms with Crippen LogP contribution in [0.5, 0.6) is 11.5 Å². The first kappa shape index (κ1) is 43.8. The van der Waals surface area contributed by atoms with Gasteiger partial charge in [-0.2, -0.15) is 12.7 Å². The minimum absolute atomic E-state index is 0.0279. The van der Waals surface area contributed by atoms with Gasteiger partial charge in [-0.15, -0.1) is 5.06 Å². The number of guanidine groups is 1. The molecule has 16 nitrogen and oxygen atoms in total. The number of amides is 2. The molecule has 18 heteroatoms. The van der Waals surface area contributed by atoms with Crippen LogP contribution in [0.15, 0.2) is 52.3 Å². The van der Waals surface area contributed by atoms with Gasteiger partial charge in [0, 0.05) is 31.6 Å². The third-order valence-electron chi connectivity index (χ3n) is 8.46. The van der Waals surface area contributed by atoms with Gasteiger partial charge in [0.1, 0.15) is 32.5 Å². The molecule has 0 aromatic heterocycles. The molecule has 2 aromatic carbocycles. The van der Waals surface area contributed by atoms with Crippen molar-refractivity contribution < 1.29 is 49.7 Å². The first-order chi connectivity index (χ1) is 25.6. The zero-order valence-electron chi connectivity index (χ0n) is 32.8. The summed E-state index contributed by atoms with van der Waals surface area (Å²) in [5.41, 5.74) is -1.17. The Bertz CT molecular complexity index is 1880. The number of likely N-dealkylation sites (tertiary alicyclic amines) is 1. The lowest BCUT2D eigenvalue weighted by atomic mass is 10.0. The maximum absolute atomic E-state index is 13.8. The fourth-order valence-electron chi connectivity index (χ4n) is 6.12. The lowest BCUT2D eigenvalue weighted by Crippen LogP contribution is -2.49. The summed E-state index contributed by atoms with van der Waals surface area (Å²) in [6.07, 6.45) is 3.05.